The molecule has 1 aliphatic rings. The molecule has 1 saturated heterocycles. The van der Waals surface area contributed by atoms with Crippen LogP contribution in [-0.2, 0) is 0 Å². The van der Waals surface area contributed by atoms with Gasteiger partial charge in [0.15, 0.2) is 11.6 Å². The van der Waals surface area contributed by atoms with Gasteiger partial charge in [0.2, 0.25) is 0 Å². The smallest absolute Gasteiger partial charge is 0.255 e. The number of halogens is 3. The quantitative estimate of drug-likeness (QED) is 0.736. The van der Waals surface area contributed by atoms with Gasteiger partial charge in [0.1, 0.15) is 0 Å². The molecule has 0 atom stereocenters. The largest absolute Gasteiger partial charge is 0.337 e. The number of amides is 1. The predicted molar refractivity (Wildman–Crippen MR) is 64.6 cm³/mol. The van der Waals surface area contributed by atoms with E-state index in [1.54, 1.807) is 16.7 Å². The second kappa shape index (κ2) is 5.23. The van der Waals surface area contributed by atoms with Crippen LogP contribution in [0.4, 0.5) is 8.78 Å². The van der Waals surface area contributed by atoms with Crippen molar-refractivity contribution in [3.05, 3.63) is 34.4 Å². The summed E-state index contributed by atoms with van der Waals surface area (Å²) in [5.74, 6) is -0.723. The monoisotopic (exact) mass is 277 g/mol. The summed E-state index contributed by atoms with van der Waals surface area (Å²) in [6.45, 7) is 1.22. The maximum absolute atomic E-state index is 13.1. The van der Waals surface area contributed by atoms with Gasteiger partial charge in [-0.3, -0.25) is 4.79 Å². The summed E-state index contributed by atoms with van der Waals surface area (Å²) in [5.41, 5.74) is 0.0254. The van der Waals surface area contributed by atoms with Crippen LogP contribution < -0.4 is 0 Å². The molecule has 1 aliphatic heterocycles. The lowest BCUT2D eigenvalue weighted by molar-refractivity contribution is 0.0772. The van der Waals surface area contributed by atoms with Crippen molar-refractivity contribution >= 4 is 29.3 Å². The first-order valence-electron chi connectivity index (χ1n) is 5.11. The third-order valence-corrected chi connectivity index (χ3v) is 3.79. The van der Waals surface area contributed by atoms with E-state index in [1.165, 1.54) is 0 Å². The summed E-state index contributed by atoms with van der Waals surface area (Å²) in [5, 5.41) is -0.0490. The van der Waals surface area contributed by atoms with Crippen LogP contribution in [0.2, 0.25) is 5.02 Å². The fourth-order valence-corrected chi connectivity index (χ4v) is 2.76. The second-order valence-corrected chi connectivity index (χ2v) is 5.28. The zero-order valence-corrected chi connectivity index (χ0v) is 10.5. The zero-order valence-electron chi connectivity index (χ0n) is 8.88. The number of rotatable bonds is 1. The van der Waals surface area contributed by atoms with Crippen molar-refractivity contribution in [2.24, 2.45) is 0 Å². The minimum Gasteiger partial charge on any atom is -0.337 e. The Morgan fingerprint density at radius 1 is 1.24 bits per heavy atom. The van der Waals surface area contributed by atoms with Gasteiger partial charge in [-0.05, 0) is 12.1 Å². The van der Waals surface area contributed by atoms with E-state index in [0.717, 1.165) is 23.6 Å². The molecule has 2 nitrogen and oxygen atoms in total. The maximum atomic E-state index is 13.1. The Bertz CT molecular complexity index is 449. The minimum atomic E-state index is -1.05. The van der Waals surface area contributed by atoms with E-state index in [2.05, 4.69) is 0 Å². The Kier molecular flexibility index (Phi) is 3.89. The van der Waals surface area contributed by atoms with Gasteiger partial charge in [0.05, 0.1) is 10.6 Å². The molecule has 6 heteroatoms. The highest BCUT2D eigenvalue weighted by Gasteiger charge is 2.22. The average molecular weight is 278 g/mol. The molecular weight excluding hydrogens is 268 g/mol. The molecule has 17 heavy (non-hydrogen) atoms. The van der Waals surface area contributed by atoms with Gasteiger partial charge in [-0.2, -0.15) is 11.8 Å². The molecule has 0 N–H and O–H groups in total. The predicted octanol–water partition coefficient (Wildman–Crippen LogP) is 2.81. The topological polar surface area (TPSA) is 20.3 Å². The fourth-order valence-electron chi connectivity index (χ4n) is 1.62. The summed E-state index contributed by atoms with van der Waals surface area (Å²) >= 11 is 7.52. The molecule has 1 amide bonds. The molecule has 2 rings (SSSR count). The molecule has 0 radical (unpaired) electrons. The number of hydrogen-bond donors (Lipinski definition) is 0. The van der Waals surface area contributed by atoms with E-state index in [0.29, 0.717) is 13.1 Å². The van der Waals surface area contributed by atoms with E-state index in [1.807, 2.05) is 0 Å². The normalized spacial score (nSPS) is 16.1. The van der Waals surface area contributed by atoms with Crippen molar-refractivity contribution in [2.75, 3.05) is 24.6 Å². The first-order chi connectivity index (χ1) is 8.09. The number of hydrogen-bond acceptors (Lipinski definition) is 2. The van der Waals surface area contributed by atoms with Crippen molar-refractivity contribution in [1.29, 1.82) is 0 Å². The van der Waals surface area contributed by atoms with Crippen LogP contribution in [0.1, 0.15) is 10.4 Å². The Hall–Kier alpha value is -0.810. The summed E-state index contributed by atoms with van der Waals surface area (Å²) in [6, 6.07) is 1.70. The van der Waals surface area contributed by atoms with E-state index < -0.39 is 11.6 Å². The summed E-state index contributed by atoms with van der Waals surface area (Å²) < 4.78 is 26.0. The highest BCUT2D eigenvalue weighted by molar-refractivity contribution is 7.99. The third-order valence-electron chi connectivity index (χ3n) is 2.54. The van der Waals surface area contributed by atoms with Gasteiger partial charge < -0.3 is 4.90 Å². The Morgan fingerprint density at radius 3 is 2.47 bits per heavy atom. The van der Waals surface area contributed by atoms with Crippen LogP contribution in [0, 0.1) is 11.6 Å². The van der Waals surface area contributed by atoms with Crippen molar-refractivity contribution < 1.29 is 13.6 Å². The molecule has 1 heterocycles. The van der Waals surface area contributed by atoms with Crippen LogP contribution in [0.15, 0.2) is 12.1 Å². The van der Waals surface area contributed by atoms with Crippen LogP contribution in [-0.4, -0.2) is 35.4 Å². The lowest BCUT2D eigenvalue weighted by Gasteiger charge is -2.26. The Labute approximate surface area is 107 Å². The molecule has 1 aromatic rings. The summed E-state index contributed by atoms with van der Waals surface area (Å²) in [4.78, 5) is 13.6. The van der Waals surface area contributed by atoms with Gasteiger partial charge in [0.25, 0.3) is 5.91 Å². The molecule has 0 saturated carbocycles. The number of thioether (sulfide) groups is 1. The van der Waals surface area contributed by atoms with Crippen molar-refractivity contribution in [1.82, 2.24) is 4.90 Å². The Balaban J connectivity index is 2.26. The molecule has 0 aromatic heterocycles. The van der Waals surface area contributed by atoms with Gasteiger partial charge in [0, 0.05) is 24.6 Å². The highest BCUT2D eigenvalue weighted by Crippen LogP contribution is 2.22. The fraction of sp³-hybridized carbons (Fsp3) is 0.364. The lowest BCUT2D eigenvalue weighted by atomic mass is 10.2. The third kappa shape index (κ3) is 2.72. The number of carbonyl (C=O) groups excluding carboxylic acids is 1. The summed E-state index contributed by atoms with van der Waals surface area (Å²) in [6.07, 6.45) is 0. The molecule has 0 spiro atoms. The van der Waals surface area contributed by atoms with Crippen LogP contribution >= 0.6 is 23.4 Å². The SMILES string of the molecule is O=C(c1cc(F)c(F)cc1Cl)N1CCSCC1. The van der Waals surface area contributed by atoms with Gasteiger partial charge in [-0.1, -0.05) is 11.6 Å². The van der Waals surface area contributed by atoms with Crippen molar-refractivity contribution in [2.45, 2.75) is 0 Å². The van der Waals surface area contributed by atoms with Gasteiger partial charge in [-0.25, -0.2) is 8.78 Å². The lowest BCUT2D eigenvalue weighted by Crippen LogP contribution is -2.38. The highest BCUT2D eigenvalue weighted by atomic mass is 35.5. The average Bonchev–Trinajstić information content (AvgIpc) is 2.34. The maximum Gasteiger partial charge on any atom is 0.255 e. The standard InChI is InChI=1S/C11H10ClF2NOS/c12-8-6-10(14)9(13)5-7(8)11(16)15-1-3-17-4-2-15/h5-6H,1-4H2. The van der Waals surface area contributed by atoms with Crippen LogP contribution in [0.3, 0.4) is 0 Å². The zero-order chi connectivity index (χ0) is 12.4. The van der Waals surface area contributed by atoms with Gasteiger partial charge >= 0.3 is 0 Å². The molecule has 1 aromatic carbocycles. The number of benzene rings is 1. The molecule has 1 fully saturated rings. The van der Waals surface area contributed by atoms with Crippen LogP contribution in [0.5, 0.6) is 0 Å². The Morgan fingerprint density at radius 2 is 1.82 bits per heavy atom. The van der Waals surface area contributed by atoms with E-state index >= 15 is 0 Å². The number of nitrogens with zero attached hydrogens (tertiary/aromatic N) is 1. The van der Waals surface area contributed by atoms with E-state index in [9.17, 15) is 13.6 Å². The van der Waals surface area contributed by atoms with E-state index in [-0.39, 0.29) is 16.5 Å². The summed E-state index contributed by atoms with van der Waals surface area (Å²) in [7, 11) is 0. The molecule has 92 valence electrons. The second-order valence-electron chi connectivity index (χ2n) is 3.65. The van der Waals surface area contributed by atoms with Crippen molar-refractivity contribution in [3.8, 4) is 0 Å². The van der Waals surface area contributed by atoms with Crippen LogP contribution in [0.25, 0.3) is 0 Å². The van der Waals surface area contributed by atoms with Crippen molar-refractivity contribution in [3.63, 3.8) is 0 Å². The molecule has 0 aliphatic carbocycles. The molecule has 0 unspecified atom stereocenters. The molecule has 0 bridgehead atoms. The minimum absolute atomic E-state index is 0.0254. The first-order valence-corrected chi connectivity index (χ1v) is 6.64. The van der Waals surface area contributed by atoms with Gasteiger partial charge in [-0.15, -0.1) is 0 Å². The first kappa shape index (κ1) is 12.6. The molecular formula is C11H10ClF2NOS. The van der Waals surface area contributed by atoms with E-state index in [4.69, 9.17) is 11.6 Å². The number of carbonyl (C=O) groups is 1.